The molecule has 0 spiro atoms. The molecule has 92 valence electrons. The topological polar surface area (TPSA) is 0 Å². The molecule has 1 atom stereocenters. The van der Waals surface area contributed by atoms with Gasteiger partial charge < -0.3 is 0 Å². The molecule has 0 bridgehead atoms. The molecule has 0 rings (SSSR count). The molecule has 0 saturated carbocycles. The lowest BCUT2D eigenvalue weighted by Crippen LogP contribution is -2.52. The monoisotopic (exact) mass is 244 g/mol. The first-order valence-corrected chi connectivity index (χ1v) is 3.93. The van der Waals surface area contributed by atoms with Crippen LogP contribution in [0.25, 0.3) is 0 Å². The zero-order chi connectivity index (χ0) is 12.5. The smallest absolute Gasteiger partial charge is 0.234 e. The van der Waals surface area contributed by atoms with E-state index in [4.69, 9.17) is 0 Å². The summed E-state index contributed by atoms with van der Waals surface area (Å²) in [5, 5.41) is 0. The van der Waals surface area contributed by atoms with E-state index in [1.165, 1.54) is 0 Å². The van der Waals surface area contributed by atoms with E-state index < -0.39 is 37.0 Å². The summed E-state index contributed by atoms with van der Waals surface area (Å²) in [6.45, 7) is 1.12. The highest BCUT2D eigenvalue weighted by atomic mass is 19.4. The SMILES string of the molecule is CCCC(F)(F)[C@H](F)C(F)(F)C(F)(F)F. The Balaban J connectivity index is 4.91. The van der Waals surface area contributed by atoms with Crippen LogP contribution in [0.4, 0.5) is 35.1 Å². The quantitative estimate of drug-likeness (QED) is 0.656. The average Bonchev–Trinajstić information content (AvgIpc) is 2.00. The molecule has 0 aliphatic carbocycles. The number of alkyl halides is 8. The van der Waals surface area contributed by atoms with Gasteiger partial charge in [-0.05, 0) is 0 Å². The maximum atomic E-state index is 12.5. The van der Waals surface area contributed by atoms with Crippen molar-refractivity contribution in [2.75, 3.05) is 0 Å². The predicted octanol–water partition coefficient (Wildman–Crippen LogP) is 3.96. The van der Waals surface area contributed by atoms with Crippen LogP contribution in [0.2, 0.25) is 0 Å². The van der Waals surface area contributed by atoms with E-state index in [1.54, 1.807) is 0 Å². The number of hydrogen-bond donors (Lipinski definition) is 0. The minimum atomic E-state index is -6.32. The zero-order valence-electron chi connectivity index (χ0n) is 7.52. The fourth-order valence-electron chi connectivity index (χ4n) is 0.869. The van der Waals surface area contributed by atoms with Crippen molar-refractivity contribution < 1.29 is 35.1 Å². The zero-order valence-corrected chi connectivity index (χ0v) is 7.52. The second-order valence-electron chi connectivity index (χ2n) is 2.99. The van der Waals surface area contributed by atoms with Gasteiger partial charge in [0.2, 0.25) is 6.17 Å². The van der Waals surface area contributed by atoms with E-state index in [0.29, 0.717) is 0 Å². The van der Waals surface area contributed by atoms with Crippen molar-refractivity contribution in [3.8, 4) is 0 Å². The van der Waals surface area contributed by atoms with E-state index in [0.717, 1.165) is 6.92 Å². The number of hydrogen-bond acceptors (Lipinski definition) is 0. The maximum Gasteiger partial charge on any atom is 0.456 e. The Morgan fingerprint density at radius 1 is 0.933 bits per heavy atom. The molecule has 8 heteroatoms. The van der Waals surface area contributed by atoms with E-state index in [9.17, 15) is 35.1 Å². The first-order chi connectivity index (χ1) is 6.47. The molecule has 0 aromatic heterocycles. The highest BCUT2D eigenvalue weighted by Gasteiger charge is 2.69. The van der Waals surface area contributed by atoms with Gasteiger partial charge in [-0.25, -0.2) is 13.2 Å². The molecule has 0 nitrogen and oxygen atoms in total. The van der Waals surface area contributed by atoms with Gasteiger partial charge in [-0.1, -0.05) is 13.3 Å². The molecule has 0 aromatic rings. The molecule has 15 heavy (non-hydrogen) atoms. The number of rotatable bonds is 4. The highest BCUT2D eigenvalue weighted by Crippen LogP contribution is 2.45. The van der Waals surface area contributed by atoms with Gasteiger partial charge in [0.15, 0.2) is 0 Å². The summed E-state index contributed by atoms with van der Waals surface area (Å²) in [6, 6.07) is 0. The van der Waals surface area contributed by atoms with Crippen LogP contribution in [0, 0.1) is 0 Å². The molecule has 0 aromatic carbocycles. The molecular weight excluding hydrogens is 236 g/mol. The van der Waals surface area contributed by atoms with Crippen LogP contribution in [0.1, 0.15) is 19.8 Å². The second kappa shape index (κ2) is 4.13. The van der Waals surface area contributed by atoms with Gasteiger partial charge in [0.05, 0.1) is 0 Å². The van der Waals surface area contributed by atoms with Crippen LogP contribution >= 0.6 is 0 Å². The lowest BCUT2D eigenvalue weighted by molar-refractivity contribution is -0.327. The van der Waals surface area contributed by atoms with E-state index in [1.807, 2.05) is 0 Å². The third kappa shape index (κ3) is 2.94. The Labute approximate surface area is 80.3 Å². The summed E-state index contributed by atoms with van der Waals surface area (Å²) < 4.78 is 96.3. The maximum absolute atomic E-state index is 12.5. The first kappa shape index (κ1) is 14.4. The van der Waals surface area contributed by atoms with Gasteiger partial charge >= 0.3 is 12.1 Å². The van der Waals surface area contributed by atoms with Crippen molar-refractivity contribution in [2.45, 2.75) is 44.0 Å². The van der Waals surface area contributed by atoms with Gasteiger partial charge in [-0.15, -0.1) is 0 Å². The van der Waals surface area contributed by atoms with Gasteiger partial charge in [0.1, 0.15) is 0 Å². The Morgan fingerprint density at radius 2 is 1.33 bits per heavy atom. The third-order valence-electron chi connectivity index (χ3n) is 1.65. The molecule has 0 radical (unpaired) electrons. The molecule has 0 N–H and O–H groups in total. The van der Waals surface area contributed by atoms with Crippen LogP contribution in [-0.4, -0.2) is 24.2 Å². The number of halogens is 8. The fraction of sp³-hybridized carbons (Fsp3) is 1.00. The standard InChI is InChI=1S/C7H8F8/c1-2-3-5(9,10)4(8)6(11,12)7(13,14)15/h4H,2-3H2,1H3/t4-/m0/s1. The van der Waals surface area contributed by atoms with Crippen molar-refractivity contribution in [2.24, 2.45) is 0 Å². The third-order valence-corrected chi connectivity index (χ3v) is 1.65. The summed E-state index contributed by atoms with van der Waals surface area (Å²) in [4.78, 5) is 0. The molecule has 0 aliphatic rings. The Kier molecular flexibility index (Phi) is 3.98. The molecular formula is C7H8F8. The lowest BCUT2D eigenvalue weighted by Gasteiger charge is -2.28. The Morgan fingerprint density at radius 3 is 1.60 bits per heavy atom. The summed E-state index contributed by atoms with van der Waals surface area (Å²) in [6.07, 6.45) is -12.6. The fourth-order valence-corrected chi connectivity index (χ4v) is 0.869. The van der Waals surface area contributed by atoms with Crippen LogP contribution in [0.5, 0.6) is 0 Å². The van der Waals surface area contributed by atoms with E-state index >= 15 is 0 Å². The van der Waals surface area contributed by atoms with Crippen LogP contribution in [0.15, 0.2) is 0 Å². The molecule has 0 saturated heterocycles. The van der Waals surface area contributed by atoms with Gasteiger partial charge in [0, 0.05) is 6.42 Å². The van der Waals surface area contributed by atoms with Gasteiger partial charge in [-0.3, -0.25) is 0 Å². The van der Waals surface area contributed by atoms with Crippen LogP contribution in [-0.2, 0) is 0 Å². The summed E-state index contributed by atoms with van der Waals surface area (Å²) in [7, 11) is 0. The van der Waals surface area contributed by atoms with Crippen LogP contribution in [0.3, 0.4) is 0 Å². The van der Waals surface area contributed by atoms with Gasteiger partial charge in [-0.2, -0.15) is 22.0 Å². The first-order valence-electron chi connectivity index (χ1n) is 3.93. The van der Waals surface area contributed by atoms with Crippen molar-refractivity contribution in [1.82, 2.24) is 0 Å². The van der Waals surface area contributed by atoms with E-state index in [-0.39, 0.29) is 0 Å². The van der Waals surface area contributed by atoms with Crippen molar-refractivity contribution in [1.29, 1.82) is 0 Å². The van der Waals surface area contributed by atoms with Crippen molar-refractivity contribution >= 4 is 0 Å². The normalized spacial score (nSPS) is 16.6. The molecule has 0 amide bonds. The second-order valence-corrected chi connectivity index (χ2v) is 2.99. The van der Waals surface area contributed by atoms with E-state index in [2.05, 4.69) is 0 Å². The molecule has 0 aliphatic heterocycles. The van der Waals surface area contributed by atoms with Gasteiger partial charge in [0.25, 0.3) is 5.92 Å². The Bertz CT molecular complexity index is 206. The lowest BCUT2D eigenvalue weighted by atomic mass is 10.0. The summed E-state index contributed by atoms with van der Waals surface area (Å²) in [5.74, 6) is -10.7. The molecule has 0 heterocycles. The highest BCUT2D eigenvalue weighted by molar-refractivity contribution is 4.93. The minimum absolute atomic E-state index is 0.401. The summed E-state index contributed by atoms with van der Waals surface area (Å²) in [5.41, 5.74) is 0. The molecule has 0 unspecified atom stereocenters. The minimum Gasteiger partial charge on any atom is -0.234 e. The largest absolute Gasteiger partial charge is 0.456 e. The molecule has 0 fully saturated rings. The van der Waals surface area contributed by atoms with Crippen LogP contribution < -0.4 is 0 Å². The average molecular weight is 244 g/mol. The predicted molar refractivity (Wildman–Crippen MR) is 35.8 cm³/mol. The Hall–Kier alpha value is -0.560. The van der Waals surface area contributed by atoms with Crippen molar-refractivity contribution in [3.63, 3.8) is 0 Å². The van der Waals surface area contributed by atoms with Crippen molar-refractivity contribution in [3.05, 3.63) is 0 Å². The summed E-state index contributed by atoms with van der Waals surface area (Å²) >= 11 is 0.